The Hall–Kier alpha value is -1.06. The second-order valence-corrected chi connectivity index (χ2v) is 9.56. The highest BCUT2D eigenvalue weighted by Gasteiger charge is 2.41. The number of esters is 1. The molecule has 0 spiro atoms. The number of hydrogen-bond donors (Lipinski definition) is 1. The van der Waals surface area contributed by atoms with Crippen molar-refractivity contribution in [2.24, 2.45) is 29.1 Å². The van der Waals surface area contributed by atoms with Crippen LogP contribution in [0, 0.1) is 29.1 Å². The van der Waals surface area contributed by atoms with Gasteiger partial charge in [-0.3, -0.25) is 9.59 Å². The Morgan fingerprint density at radius 3 is 2.31 bits per heavy atom. The Morgan fingerprint density at radius 2 is 1.73 bits per heavy atom. The molecule has 2 rings (SSSR count). The monoisotopic (exact) mass is 366 g/mol. The highest BCUT2D eigenvalue weighted by Crippen LogP contribution is 2.39. The van der Waals surface area contributed by atoms with Crippen molar-refractivity contribution in [2.75, 3.05) is 0 Å². The fourth-order valence-corrected chi connectivity index (χ4v) is 4.67. The Balaban J connectivity index is 2.09. The van der Waals surface area contributed by atoms with Crippen molar-refractivity contribution in [2.45, 2.75) is 98.0 Å². The molecular weight excluding hydrogens is 328 g/mol. The van der Waals surface area contributed by atoms with E-state index in [2.05, 4.69) is 27.7 Å². The van der Waals surface area contributed by atoms with E-state index in [1.54, 1.807) is 0 Å². The van der Waals surface area contributed by atoms with E-state index in [0.717, 1.165) is 32.1 Å². The number of ether oxygens (including phenoxy) is 1. The molecule has 26 heavy (non-hydrogen) atoms. The zero-order valence-electron chi connectivity index (χ0n) is 17.1. The number of carbonyl (C=O) groups is 2. The molecular formula is C22H38O4. The van der Waals surface area contributed by atoms with E-state index in [9.17, 15) is 14.7 Å². The summed E-state index contributed by atoms with van der Waals surface area (Å²) >= 11 is 0. The van der Waals surface area contributed by atoms with E-state index >= 15 is 0 Å². The summed E-state index contributed by atoms with van der Waals surface area (Å²) in [5, 5.41) is 9.57. The summed E-state index contributed by atoms with van der Waals surface area (Å²) in [6.07, 6.45) is 9.96. The van der Waals surface area contributed by atoms with E-state index in [-0.39, 0.29) is 17.5 Å². The van der Waals surface area contributed by atoms with E-state index in [1.807, 2.05) is 0 Å². The second kappa shape index (κ2) is 9.23. The van der Waals surface area contributed by atoms with Crippen LogP contribution in [0.15, 0.2) is 0 Å². The van der Waals surface area contributed by atoms with E-state index in [1.165, 1.54) is 19.3 Å². The minimum absolute atomic E-state index is 0.0634. The topological polar surface area (TPSA) is 63.6 Å². The van der Waals surface area contributed by atoms with Gasteiger partial charge in [0.05, 0.1) is 11.8 Å². The average Bonchev–Trinajstić information content (AvgIpc) is 2.61. The van der Waals surface area contributed by atoms with Gasteiger partial charge < -0.3 is 9.84 Å². The first-order valence-electron chi connectivity index (χ1n) is 10.7. The molecule has 0 amide bonds. The van der Waals surface area contributed by atoms with Crippen molar-refractivity contribution in [1.82, 2.24) is 0 Å². The van der Waals surface area contributed by atoms with Crippen molar-refractivity contribution in [3.05, 3.63) is 0 Å². The minimum Gasteiger partial charge on any atom is -0.481 e. The first-order valence-corrected chi connectivity index (χ1v) is 10.7. The van der Waals surface area contributed by atoms with Gasteiger partial charge in [-0.1, -0.05) is 53.4 Å². The van der Waals surface area contributed by atoms with Gasteiger partial charge in [-0.2, -0.15) is 0 Å². The lowest BCUT2D eigenvalue weighted by molar-refractivity contribution is -0.168. The molecule has 0 aromatic rings. The van der Waals surface area contributed by atoms with Crippen LogP contribution in [0.1, 0.15) is 91.9 Å². The minimum atomic E-state index is -0.846. The predicted octanol–water partition coefficient (Wildman–Crippen LogP) is 5.44. The van der Waals surface area contributed by atoms with E-state index in [0.29, 0.717) is 24.7 Å². The molecule has 0 aliphatic heterocycles. The van der Waals surface area contributed by atoms with Crippen molar-refractivity contribution < 1.29 is 19.4 Å². The van der Waals surface area contributed by atoms with Crippen LogP contribution in [-0.2, 0) is 14.3 Å². The smallest absolute Gasteiger partial charge is 0.310 e. The van der Waals surface area contributed by atoms with Crippen LogP contribution < -0.4 is 0 Å². The molecule has 4 unspecified atom stereocenters. The summed E-state index contributed by atoms with van der Waals surface area (Å²) in [6, 6.07) is 0. The SMILES string of the molecule is CCC(C)(C)CC(OC(=O)C1CCC(C)CC1C(=O)O)C1CCCCC1. The van der Waals surface area contributed by atoms with Gasteiger partial charge in [0.2, 0.25) is 0 Å². The third-order valence-electron chi connectivity index (χ3n) is 6.89. The van der Waals surface area contributed by atoms with Gasteiger partial charge in [-0.05, 0) is 55.8 Å². The molecule has 0 aromatic carbocycles. The highest BCUT2D eigenvalue weighted by molar-refractivity contribution is 5.81. The average molecular weight is 367 g/mol. The first-order chi connectivity index (χ1) is 12.2. The quantitative estimate of drug-likeness (QED) is 0.609. The molecule has 150 valence electrons. The zero-order chi connectivity index (χ0) is 19.3. The number of hydrogen-bond acceptors (Lipinski definition) is 3. The fourth-order valence-electron chi connectivity index (χ4n) is 4.67. The maximum Gasteiger partial charge on any atom is 0.310 e. The van der Waals surface area contributed by atoms with Crippen LogP contribution in [0.5, 0.6) is 0 Å². The summed E-state index contributed by atoms with van der Waals surface area (Å²) in [4.78, 5) is 24.6. The fraction of sp³-hybridized carbons (Fsp3) is 0.909. The number of carboxylic acids is 1. The Morgan fingerprint density at radius 1 is 1.08 bits per heavy atom. The molecule has 0 radical (unpaired) electrons. The van der Waals surface area contributed by atoms with Crippen molar-refractivity contribution in [3.63, 3.8) is 0 Å². The van der Waals surface area contributed by atoms with Crippen LogP contribution in [0.3, 0.4) is 0 Å². The molecule has 0 bridgehead atoms. The normalized spacial score (nSPS) is 29.2. The molecule has 2 fully saturated rings. The van der Waals surface area contributed by atoms with Gasteiger partial charge in [-0.15, -0.1) is 0 Å². The molecule has 0 saturated heterocycles. The lowest BCUT2D eigenvalue weighted by Crippen LogP contribution is -2.40. The van der Waals surface area contributed by atoms with Gasteiger partial charge >= 0.3 is 11.9 Å². The number of carbonyl (C=O) groups excluding carboxylic acids is 1. The van der Waals surface area contributed by atoms with Gasteiger partial charge in [0.1, 0.15) is 6.10 Å². The molecule has 2 aliphatic rings. The standard InChI is InChI=1S/C22H38O4/c1-5-22(3,4)14-19(16-9-7-6-8-10-16)26-21(25)17-12-11-15(2)13-18(17)20(23)24/h15-19H,5-14H2,1-4H3,(H,23,24). The molecule has 2 saturated carbocycles. The van der Waals surface area contributed by atoms with Crippen molar-refractivity contribution in [1.29, 1.82) is 0 Å². The van der Waals surface area contributed by atoms with Crippen LogP contribution in [-0.4, -0.2) is 23.1 Å². The lowest BCUT2D eigenvalue weighted by Gasteiger charge is -2.37. The largest absolute Gasteiger partial charge is 0.481 e. The summed E-state index contributed by atoms with van der Waals surface area (Å²) in [5.74, 6) is -1.36. The first kappa shape index (κ1) is 21.2. The van der Waals surface area contributed by atoms with Crippen LogP contribution >= 0.6 is 0 Å². The number of carboxylic acid groups (broad SMARTS) is 1. The summed E-state index contributed by atoms with van der Waals surface area (Å²) in [5.41, 5.74) is 0.135. The number of rotatable bonds is 7. The molecule has 2 aliphatic carbocycles. The van der Waals surface area contributed by atoms with Gasteiger partial charge in [0.25, 0.3) is 0 Å². The van der Waals surface area contributed by atoms with Gasteiger partial charge in [0.15, 0.2) is 0 Å². The predicted molar refractivity (Wildman–Crippen MR) is 103 cm³/mol. The van der Waals surface area contributed by atoms with Gasteiger partial charge in [0, 0.05) is 0 Å². The molecule has 4 heteroatoms. The third-order valence-corrected chi connectivity index (χ3v) is 6.89. The summed E-state index contributed by atoms with van der Waals surface area (Å²) in [7, 11) is 0. The Bertz CT molecular complexity index is 479. The second-order valence-electron chi connectivity index (χ2n) is 9.56. The van der Waals surface area contributed by atoms with E-state index < -0.39 is 17.8 Å². The highest BCUT2D eigenvalue weighted by atomic mass is 16.5. The molecule has 1 N–H and O–H groups in total. The van der Waals surface area contributed by atoms with Gasteiger partial charge in [-0.25, -0.2) is 0 Å². The Kier molecular flexibility index (Phi) is 7.54. The third kappa shape index (κ3) is 5.72. The lowest BCUT2D eigenvalue weighted by atomic mass is 9.74. The van der Waals surface area contributed by atoms with Crippen LogP contribution in [0.2, 0.25) is 0 Å². The van der Waals surface area contributed by atoms with Crippen LogP contribution in [0.25, 0.3) is 0 Å². The van der Waals surface area contributed by atoms with E-state index in [4.69, 9.17) is 4.74 Å². The number of aliphatic carboxylic acids is 1. The van der Waals surface area contributed by atoms with Crippen LogP contribution in [0.4, 0.5) is 0 Å². The Labute approximate surface area is 159 Å². The molecule has 4 nitrogen and oxygen atoms in total. The molecule has 0 heterocycles. The molecule has 0 aromatic heterocycles. The van der Waals surface area contributed by atoms with Crippen molar-refractivity contribution >= 4 is 11.9 Å². The molecule has 4 atom stereocenters. The summed E-state index contributed by atoms with van der Waals surface area (Å²) in [6.45, 7) is 8.73. The maximum absolute atomic E-state index is 13.0. The maximum atomic E-state index is 13.0. The van der Waals surface area contributed by atoms with Crippen molar-refractivity contribution in [3.8, 4) is 0 Å². The zero-order valence-corrected chi connectivity index (χ0v) is 17.1. The summed E-state index contributed by atoms with van der Waals surface area (Å²) < 4.78 is 6.08.